The molecule has 1 amide bonds. The van der Waals surface area contributed by atoms with Crippen LogP contribution in [0.15, 0.2) is 53.7 Å². The summed E-state index contributed by atoms with van der Waals surface area (Å²) in [4.78, 5) is 22.6. The number of pyridine rings is 1. The Kier molecular flexibility index (Phi) is 9.28. The molecule has 28 heavy (non-hydrogen) atoms. The number of hydrogen-bond acceptors (Lipinski definition) is 3. The number of benzene rings is 1. The molecule has 6 nitrogen and oxygen atoms in total. The number of carbonyl (C=O) groups is 1. The monoisotopic (exact) mass is 401 g/mol. The van der Waals surface area contributed by atoms with E-state index in [1.165, 1.54) is 0 Å². The lowest BCUT2D eigenvalue weighted by Gasteiger charge is -2.17. The largest absolute Gasteiger partial charge is 0.357 e. The highest BCUT2D eigenvalue weighted by molar-refractivity contribution is 6.29. The van der Waals surface area contributed by atoms with Crippen LogP contribution in [0.5, 0.6) is 0 Å². The molecule has 2 N–H and O–H groups in total. The molecule has 0 bridgehead atoms. The molecule has 150 valence electrons. The van der Waals surface area contributed by atoms with Gasteiger partial charge in [-0.1, -0.05) is 48.0 Å². The van der Waals surface area contributed by atoms with Gasteiger partial charge < -0.3 is 15.5 Å². The van der Waals surface area contributed by atoms with Crippen molar-refractivity contribution in [1.82, 2.24) is 20.5 Å². The van der Waals surface area contributed by atoms with E-state index in [0.717, 1.165) is 30.6 Å². The maximum absolute atomic E-state index is 12.3. The normalized spacial score (nSPS) is 11.2. The molecule has 0 fully saturated rings. The van der Waals surface area contributed by atoms with Gasteiger partial charge in [0.15, 0.2) is 5.96 Å². The Bertz CT molecular complexity index is 749. The Labute approximate surface area is 172 Å². The summed E-state index contributed by atoms with van der Waals surface area (Å²) >= 11 is 5.80. The number of hydrogen-bond donors (Lipinski definition) is 2. The van der Waals surface area contributed by atoms with E-state index in [9.17, 15) is 4.79 Å². The molecule has 0 aliphatic rings. The fraction of sp³-hybridized carbons (Fsp3) is 0.381. The summed E-state index contributed by atoms with van der Waals surface area (Å²) in [5.41, 5.74) is 2.22. The second-order valence-corrected chi connectivity index (χ2v) is 6.80. The molecule has 0 spiro atoms. The lowest BCUT2D eigenvalue weighted by atomic mass is 10.2. The molecule has 0 saturated heterocycles. The zero-order valence-corrected chi connectivity index (χ0v) is 17.2. The van der Waals surface area contributed by atoms with Crippen molar-refractivity contribution < 1.29 is 4.79 Å². The average Bonchev–Trinajstić information content (AvgIpc) is 2.70. The second kappa shape index (κ2) is 12.0. The molecular formula is C21H28ClN5O. The van der Waals surface area contributed by atoms with Crippen molar-refractivity contribution in [3.63, 3.8) is 0 Å². The fourth-order valence-corrected chi connectivity index (χ4v) is 2.73. The standard InChI is InChI=1S/C21H28ClN5O/c1-3-23-21(24-13-11-17-9-10-19(22)26-15-17)25-14-12-20(28)27(2)16-18-7-5-4-6-8-18/h4-10,15H,3,11-14,16H2,1-2H3,(H2,23,24,25). The van der Waals surface area contributed by atoms with Gasteiger partial charge in [-0.2, -0.15) is 0 Å². The Morgan fingerprint density at radius 3 is 2.61 bits per heavy atom. The molecule has 0 atom stereocenters. The van der Waals surface area contributed by atoms with E-state index in [0.29, 0.717) is 30.6 Å². The number of nitrogens with one attached hydrogen (secondary N) is 2. The Hall–Kier alpha value is -2.60. The molecule has 1 aromatic carbocycles. The second-order valence-electron chi connectivity index (χ2n) is 6.41. The van der Waals surface area contributed by atoms with Gasteiger partial charge in [-0.05, 0) is 30.5 Å². The SMILES string of the molecule is CCNC(=NCCC(=O)N(C)Cc1ccccc1)NCCc1ccc(Cl)nc1. The minimum Gasteiger partial charge on any atom is -0.357 e. The maximum atomic E-state index is 12.3. The summed E-state index contributed by atoms with van der Waals surface area (Å²) in [7, 11) is 1.82. The maximum Gasteiger partial charge on any atom is 0.224 e. The number of aromatic nitrogens is 1. The van der Waals surface area contributed by atoms with Crippen molar-refractivity contribution in [3.8, 4) is 0 Å². The van der Waals surface area contributed by atoms with Gasteiger partial charge in [-0.25, -0.2) is 4.98 Å². The topological polar surface area (TPSA) is 69.6 Å². The minimum atomic E-state index is 0.0793. The molecule has 0 aliphatic heterocycles. The molecule has 0 unspecified atom stereocenters. The van der Waals surface area contributed by atoms with Gasteiger partial charge in [0, 0.05) is 39.3 Å². The highest BCUT2D eigenvalue weighted by Gasteiger charge is 2.09. The van der Waals surface area contributed by atoms with Crippen molar-refractivity contribution in [2.75, 3.05) is 26.7 Å². The van der Waals surface area contributed by atoms with Crippen LogP contribution >= 0.6 is 11.6 Å². The highest BCUT2D eigenvalue weighted by atomic mass is 35.5. The molecule has 0 aliphatic carbocycles. The predicted molar refractivity (Wildman–Crippen MR) is 114 cm³/mol. The van der Waals surface area contributed by atoms with E-state index < -0.39 is 0 Å². The van der Waals surface area contributed by atoms with E-state index in [1.54, 1.807) is 17.2 Å². The third-order valence-electron chi connectivity index (χ3n) is 4.12. The third kappa shape index (κ3) is 7.96. The van der Waals surface area contributed by atoms with E-state index in [4.69, 9.17) is 11.6 Å². The number of halogens is 1. The first-order chi connectivity index (χ1) is 13.6. The molecule has 2 aromatic rings. The number of aliphatic imine (C=N–C) groups is 1. The Morgan fingerprint density at radius 2 is 1.93 bits per heavy atom. The van der Waals surface area contributed by atoms with Crippen LogP contribution in [0.3, 0.4) is 0 Å². The Balaban J connectivity index is 1.76. The van der Waals surface area contributed by atoms with Gasteiger partial charge in [0.1, 0.15) is 5.15 Å². The van der Waals surface area contributed by atoms with Crippen molar-refractivity contribution in [3.05, 3.63) is 64.9 Å². The summed E-state index contributed by atoms with van der Waals surface area (Å²) in [6.07, 6.45) is 2.96. The average molecular weight is 402 g/mol. The van der Waals surface area contributed by atoms with E-state index in [1.807, 2.05) is 50.4 Å². The number of carbonyl (C=O) groups excluding carboxylic acids is 1. The van der Waals surface area contributed by atoms with Crippen molar-refractivity contribution in [1.29, 1.82) is 0 Å². The van der Waals surface area contributed by atoms with E-state index in [2.05, 4.69) is 20.6 Å². The smallest absolute Gasteiger partial charge is 0.224 e. The number of nitrogens with zero attached hydrogens (tertiary/aromatic N) is 3. The predicted octanol–water partition coefficient (Wildman–Crippen LogP) is 2.88. The van der Waals surface area contributed by atoms with Crippen molar-refractivity contribution >= 4 is 23.5 Å². The van der Waals surface area contributed by atoms with Crippen LogP contribution in [0.2, 0.25) is 5.15 Å². The quantitative estimate of drug-likeness (QED) is 0.385. The summed E-state index contributed by atoms with van der Waals surface area (Å²) in [5.74, 6) is 0.790. The van der Waals surface area contributed by atoms with Crippen LogP contribution < -0.4 is 10.6 Å². The molecule has 0 radical (unpaired) electrons. The van der Waals surface area contributed by atoms with E-state index in [-0.39, 0.29) is 5.91 Å². The number of amides is 1. The zero-order chi connectivity index (χ0) is 20.2. The molecule has 2 rings (SSSR count). The van der Waals surface area contributed by atoms with Crippen LogP contribution in [0.25, 0.3) is 0 Å². The Morgan fingerprint density at radius 1 is 1.14 bits per heavy atom. The zero-order valence-electron chi connectivity index (χ0n) is 16.5. The fourth-order valence-electron chi connectivity index (χ4n) is 2.62. The van der Waals surface area contributed by atoms with Crippen LogP contribution in [0, 0.1) is 0 Å². The van der Waals surface area contributed by atoms with Crippen LogP contribution in [-0.2, 0) is 17.8 Å². The minimum absolute atomic E-state index is 0.0793. The van der Waals surface area contributed by atoms with Crippen molar-refractivity contribution in [2.24, 2.45) is 4.99 Å². The first-order valence-corrected chi connectivity index (χ1v) is 9.86. The summed E-state index contributed by atoms with van der Waals surface area (Å²) < 4.78 is 0. The van der Waals surface area contributed by atoms with Gasteiger partial charge in [-0.3, -0.25) is 9.79 Å². The van der Waals surface area contributed by atoms with E-state index >= 15 is 0 Å². The molecule has 1 heterocycles. The number of guanidine groups is 1. The lowest BCUT2D eigenvalue weighted by Crippen LogP contribution is -2.38. The van der Waals surface area contributed by atoms with Gasteiger partial charge in [0.05, 0.1) is 6.54 Å². The highest BCUT2D eigenvalue weighted by Crippen LogP contribution is 2.05. The van der Waals surface area contributed by atoms with Gasteiger partial charge >= 0.3 is 0 Å². The van der Waals surface area contributed by atoms with Gasteiger partial charge in [0.2, 0.25) is 5.91 Å². The summed E-state index contributed by atoms with van der Waals surface area (Å²) in [6, 6.07) is 13.7. The first kappa shape index (κ1) is 21.7. The van der Waals surface area contributed by atoms with Crippen LogP contribution in [0.4, 0.5) is 0 Å². The molecular weight excluding hydrogens is 374 g/mol. The molecule has 7 heteroatoms. The van der Waals surface area contributed by atoms with Gasteiger partial charge in [0.25, 0.3) is 0 Å². The number of rotatable bonds is 9. The van der Waals surface area contributed by atoms with Gasteiger partial charge in [-0.15, -0.1) is 0 Å². The first-order valence-electron chi connectivity index (χ1n) is 9.49. The summed E-state index contributed by atoms with van der Waals surface area (Å²) in [5, 5.41) is 6.97. The summed E-state index contributed by atoms with van der Waals surface area (Å²) in [6.45, 7) is 4.54. The van der Waals surface area contributed by atoms with Crippen LogP contribution in [-0.4, -0.2) is 48.4 Å². The molecule has 0 saturated carbocycles. The molecule has 1 aromatic heterocycles. The van der Waals surface area contributed by atoms with Crippen molar-refractivity contribution in [2.45, 2.75) is 26.3 Å². The lowest BCUT2D eigenvalue weighted by molar-refractivity contribution is -0.130. The third-order valence-corrected chi connectivity index (χ3v) is 4.35. The van der Waals surface area contributed by atoms with Crippen LogP contribution in [0.1, 0.15) is 24.5 Å².